The summed E-state index contributed by atoms with van der Waals surface area (Å²) in [5.41, 5.74) is 1.68. The lowest BCUT2D eigenvalue weighted by Crippen LogP contribution is -2.22. The molecule has 1 aromatic heterocycles. The van der Waals surface area contributed by atoms with Crippen molar-refractivity contribution in [1.82, 2.24) is 9.97 Å². The third kappa shape index (κ3) is 6.03. The third-order valence-electron chi connectivity index (χ3n) is 3.94. The van der Waals surface area contributed by atoms with Crippen LogP contribution < -0.4 is 10.0 Å². The smallest absolute Gasteiger partial charge is 0.264 e. The fourth-order valence-corrected chi connectivity index (χ4v) is 4.17. The molecule has 0 saturated heterocycles. The first-order valence-electron chi connectivity index (χ1n) is 8.80. The Labute approximate surface area is 174 Å². The number of sulfonamides is 1. The number of carbonyl (C=O) groups is 1. The van der Waals surface area contributed by atoms with E-state index in [0.29, 0.717) is 5.69 Å². The lowest BCUT2D eigenvalue weighted by molar-refractivity contribution is -0.115. The lowest BCUT2D eigenvalue weighted by Gasteiger charge is -2.13. The summed E-state index contributed by atoms with van der Waals surface area (Å²) in [4.78, 5) is 20.1. The zero-order valence-electron chi connectivity index (χ0n) is 15.6. The van der Waals surface area contributed by atoms with Crippen LogP contribution in [0.15, 0.2) is 78.0 Å². The summed E-state index contributed by atoms with van der Waals surface area (Å²) in [6.07, 6.45) is 2.89. The normalized spacial score (nSPS) is 12.2. The Bertz CT molecular complexity index is 1040. The molecule has 0 aliphatic heterocycles. The molecule has 0 aliphatic carbocycles. The molecule has 29 heavy (non-hydrogen) atoms. The Morgan fingerprint density at radius 2 is 1.66 bits per heavy atom. The van der Waals surface area contributed by atoms with Crippen molar-refractivity contribution in [1.29, 1.82) is 0 Å². The van der Waals surface area contributed by atoms with Gasteiger partial charge in [-0.15, -0.1) is 11.8 Å². The van der Waals surface area contributed by atoms with Crippen molar-refractivity contribution in [3.63, 3.8) is 0 Å². The molecule has 0 spiro atoms. The zero-order valence-corrected chi connectivity index (χ0v) is 17.3. The number of rotatable bonds is 8. The van der Waals surface area contributed by atoms with Crippen molar-refractivity contribution in [2.24, 2.45) is 0 Å². The van der Waals surface area contributed by atoms with Gasteiger partial charge < -0.3 is 5.32 Å². The van der Waals surface area contributed by atoms with Gasteiger partial charge in [0.15, 0.2) is 0 Å². The molecule has 3 rings (SSSR count). The van der Waals surface area contributed by atoms with Crippen LogP contribution in [-0.2, 0) is 20.6 Å². The van der Waals surface area contributed by atoms with E-state index in [1.807, 2.05) is 37.3 Å². The molecule has 1 amide bonds. The van der Waals surface area contributed by atoms with E-state index in [4.69, 9.17) is 0 Å². The van der Waals surface area contributed by atoms with Gasteiger partial charge in [0, 0.05) is 23.8 Å². The van der Waals surface area contributed by atoms with Crippen LogP contribution in [0.5, 0.6) is 0 Å². The van der Waals surface area contributed by atoms with Crippen LogP contribution in [0.4, 0.5) is 11.6 Å². The number of thioether (sulfide) groups is 1. The van der Waals surface area contributed by atoms with Gasteiger partial charge >= 0.3 is 0 Å². The number of carbonyl (C=O) groups excluding carboxylic acids is 1. The van der Waals surface area contributed by atoms with Crippen LogP contribution in [0.3, 0.4) is 0 Å². The number of nitrogens with one attached hydrogen (secondary N) is 2. The molecule has 0 aliphatic rings. The van der Waals surface area contributed by atoms with Gasteiger partial charge in [-0.3, -0.25) is 4.79 Å². The molecular weight excluding hydrogens is 408 g/mol. The maximum absolute atomic E-state index is 12.4. The van der Waals surface area contributed by atoms with Crippen molar-refractivity contribution >= 4 is 39.3 Å². The number of hydrogen-bond acceptors (Lipinski definition) is 6. The Morgan fingerprint density at radius 1 is 1.00 bits per heavy atom. The molecule has 7 nitrogen and oxygen atoms in total. The van der Waals surface area contributed by atoms with Crippen molar-refractivity contribution in [3.8, 4) is 0 Å². The Balaban J connectivity index is 1.57. The molecule has 3 aromatic rings. The molecule has 0 bridgehead atoms. The number of benzene rings is 2. The molecule has 0 unspecified atom stereocenters. The molecular formula is C20H20N4O3S2. The summed E-state index contributed by atoms with van der Waals surface area (Å²) >= 11 is 1.53. The highest BCUT2D eigenvalue weighted by Gasteiger charge is 2.17. The lowest BCUT2D eigenvalue weighted by atomic mass is 10.2. The van der Waals surface area contributed by atoms with E-state index in [9.17, 15) is 13.2 Å². The molecule has 0 fully saturated rings. The summed E-state index contributed by atoms with van der Waals surface area (Å²) < 4.78 is 27.1. The van der Waals surface area contributed by atoms with E-state index in [2.05, 4.69) is 20.0 Å². The van der Waals surface area contributed by atoms with Crippen molar-refractivity contribution in [3.05, 3.63) is 78.6 Å². The van der Waals surface area contributed by atoms with Crippen LogP contribution in [0.1, 0.15) is 12.5 Å². The average molecular weight is 429 g/mol. The quantitative estimate of drug-likeness (QED) is 0.569. The highest BCUT2D eigenvalue weighted by atomic mass is 32.2. The fourth-order valence-electron chi connectivity index (χ4n) is 2.36. The zero-order chi connectivity index (χ0) is 20.7. The van der Waals surface area contributed by atoms with E-state index in [0.717, 1.165) is 11.3 Å². The fraction of sp³-hybridized carbons (Fsp3) is 0.150. The molecule has 0 saturated carbocycles. The summed E-state index contributed by atoms with van der Waals surface area (Å²) in [5.74, 6) is 0.589. The Hall–Kier alpha value is -2.91. The van der Waals surface area contributed by atoms with Gasteiger partial charge in [0.1, 0.15) is 0 Å². The van der Waals surface area contributed by atoms with Crippen LogP contribution in [0.2, 0.25) is 0 Å². The summed E-state index contributed by atoms with van der Waals surface area (Å²) in [6.45, 7) is 1.84. The number of amides is 1. The minimum absolute atomic E-state index is 0.00542. The minimum Gasteiger partial charge on any atom is -0.325 e. The first kappa shape index (κ1) is 20.8. The van der Waals surface area contributed by atoms with Crippen LogP contribution in [-0.4, -0.2) is 29.5 Å². The van der Waals surface area contributed by atoms with Gasteiger partial charge in [-0.2, -0.15) is 0 Å². The Morgan fingerprint density at radius 3 is 2.31 bits per heavy atom. The first-order chi connectivity index (χ1) is 13.9. The predicted molar refractivity (Wildman–Crippen MR) is 115 cm³/mol. The van der Waals surface area contributed by atoms with Crippen LogP contribution >= 0.6 is 11.8 Å². The van der Waals surface area contributed by atoms with Crippen LogP contribution in [0.25, 0.3) is 0 Å². The maximum Gasteiger partial charge on any atom is 0.264 e. The van der Waals surface area contributed by atoms with Crippen LogP contribution in [0, 0.1) is 0 Å². The summed E-state index contributed by atoms with van der Waals surface area (Å²) in [5, 5.41) is 2.55. The molecule has 2 aromatic carbocycles. The summed E-state index contributed by atoms with van der Waals surface area (Å²) in [7, 11) is -3.81. The molecule has 1 atom stereocenters. The largest absolute Gasteiger partial charge is 0.325 e. The maximum atomic E-state index is 12.4. The molecule has 9 heteroatoms. The topological polar surface area (TPSA) is 101 Å². The van der Waals surface area contributed by atoms with Crippen molar-refractivity contribution in [2.45, 2.75) is 22.8 Å². The molecule has 0 radical (unpaired) electrons. The van der Waals surface area contributed by atoms with E-state index in [1.54, 1.807) is 18.2 Å². The van der Waals surface area contributed by atoms with E-state index < -0.39 is 10.0 Å². The standard InChI is InChI=1S/C20H20N4O3S2/c1-15(28-14-16-6-3-2-4-7-16)19(25)23-17-8-10-18(11-9-17)29(26,27)24-20-21-12-5-13-22-20/h2-13,15H,14H2,1H3,(H,23,25)(H,21,22,24)/t15-/m1/s1. The molecule has 2 N–H and O–H groups in total. The van der Waals surface area contributed by atoms with Gasteiger partial charge in [-0.05, 0) is 42.8 Å². The van der Waals surface area contributed by atoms with E-state index in [1.165, 1.54) is 36.3 Å². The highest BCUT2D eigenvalue weighted by Crippen LogP contribution is 2.20. The van der Waals surface area contributed by atoms with E-state index in [-0.39, 0.29) is 22.0 Å². The number of aromatic nitrogens is 2. The first-order valence-corrected chi connectivity index (χ1v) is 11.3. The van der Waals surface area contributed by atoms with Gasteiger partial charge in [0.25, 0.3) is 10.0 Å². The highest BCUT2D eigenvalue weighted by molar-refractivity contribution is 7.99. The minimum atomic E-state index is -3.81. The monoisotopic (exact) mass is 428 g/mol. The second-order valence-electron chi connectivity index (χ2n) is 6.13. The molecule has 150 valence electrons. The third-order valence-corrected chi connectivity index (χ3v) is 6.49. The van der Waals surface area contributed by atoms with Crippen molar-refractivity contribution < 1.29 is 13.2 Å². The number of anilines is 2. The second kappa shape index (κ2) is 9.53. The average Bonchev–Trinajstić information content (AvgIpc) is 2.73. The number of hydrogen-bond donors (Lipinski definition) is 2. The summed E-state index contributed by atoms with van der Waals surface area (Å²) in [6, 6.07) is 17.5. The SMILES string of the molecule is C[C@@H](SCc1ccccc1)C(=O)Nc1ccc(S(=O)(=O)Nc2ncccn2)cc1. The predicted octanol–water partition coefficient (Wildman–Crippen LogP) is 3.54. The van der Waals surface area contributed by atoms with Gasteiger partial charge in [-0.1, -0.05) is 30.3 Å². The van der Waals surface area contributed by atoms with Gasteiger partial charge in [-0.25, -0.2) is 23.1 Å². The molecule has 1 heterocycles. The second-order valence-corrected chi connectivity index (χ2v) is 9.14. The number of nitrogens with zero attached hydrogens (tertiary/aromatic N) is 2. The Kier molecular flexibility index (Phi) is 6.84. The van der Waals surface area contributed by atoms with Gasteiger partial charge in [0.2, 0.25) is 11.9 Å². The van der Waals surface area contributed by atoms with Gasteiger partial charge in [0.05, 0.1) is 10.1 Å². The van der Waals surface area contributed by atoms with Crippen molar-refractivity contribution in [2.75, 3.05) is 10.0 Å². The van der Waals surface area contributed by atoms with E-state index >= 15 is 0 Å².